The van der Waals surface area contributed by atoms with E-state index in [1.165, 1.54) is 6.07 Å². The molecular formula is C8H10NO5PS. The quantitative estimate of drug-likeness (QED) is 0.490. The first-order valence-electron chi connectivity index (χ1n) is 4.21. The smallest absolute Gasteiger partial charge is 0.375 e. The maximum Gasteiger partial charge on any atom is 0.375 e. The Morgan fingerprint density at radius 1 is 1.44 bits per heavy atom. The third-order valence-corrected chi connectivity index (χ3v) is 2.45. The minimum Gasteiger partial charge on any atom is -0.417 e. The zero-order valence-corrected chi connectivity index (χ0v) is 10.3. The molecule has 0 bridgehead atoms. The van der Waals surface area contributed by atoms with Gasteiger partial charge in [0.15, 0.2) is 0 Å². The predicted molar refractivity (Wildman–Crippen MR) is 61.9 cm³/mol. The molecule has 0 saturated carbocycles. The molecule has 0 amide bonds. The van der Waals surface area contributed by atoms with E-state index in [0.29, 0.717) is 11.1 Å². The van der Waals surface area contributed by atoms with Crippen LogP contribution in [0.1, 0.15) is 11.1 Å². The van der Waals surface area contributed by atoms with E-state index in [4.69, 9.17) is 9.79 Å². The lowest BCUT2D eigenvalue weighted by atomic mass is 10.1. The van der Waals surface area contributed by atoms with Crippen LogP contribution < -0.4 is 4.52 Å². The summed E-state index contributed by atoms with van der Waals surface area (Å²) in [6.07, 6.45) is 0. The number of rotatable bonds is 3. The summed E-state index contributed by atoms with van der Waals surface area (Å²) in [6.45, 7) is -0.705. The molecule has 1 aromatic carbocycles. The lowest BCUT2D eigenvalue weighted by Crippen LogP contribution is -1.99. The standard InChI is InChI=1S/C8H10NO5PS/c1-5-3-6(2)8(14-15(12,13)16)7(4-5)9(10)11/h3-4H,1-2H3,(H2,12,13,16). The second-order valence-electron chi connectivity index (χ2n) is 3.27. The second kappa shape index (κ2) is 4.47. The number of hydrogen-bond donors (Lipinski definition) is 2. The first-order chi connectivity index (χ1) is 7.20. The van der Waals surface area contributed by atoms with Gasteiger partial charge < -0.3 is 14.3 Å². The first kappa shape index (κ1) is 13.1. The molecule has 6 nitrogen and oxygen atoms in total. The summed E-state index contributed by atoms with van der Waals surface area (Å²) >= 11 is 4.28. The first-order valence-corrected chi connectivity index (χ1v) is 6.84. The van der Waals surface area contributed by atoms with Gasteiger partial charge in [-0.3, -0.25) is 10.1 Å². The van der Waals surface area contributed by atoms with Gasteiger partial charge in [-0.1, -0.05) is 6.07 Å². The van der Waals surface area contributed by atoms with Gasteiger partial charge in [-0.25, -0.2) is 0 Å². The van der Waals surface area contributed by atoms with Gasteiger partial charge in [0.05, 0.1) is 4.92 Å². The summed E-state index contributed by atoms with van der Waals surface area (Å²) in [6, 6.07) is 2.92. The van der Waals surface area contributed by atoms with Crippen LogP contribution in [0.5, 0.6) is 5.75 Å². The van der Waals surface area contributed by atoms with Crippen LogP contribution in [0.4, 0.5) is 5.69 Å². The van der Waals surface area contributed by atoms with E-state index in [2.05, 4.69) is 16.3 Å². The Kier molecular flexibility index (Phi) is 3.64. The summed E-state index contributed by atoms with van der Waals surface area (Å²) in [5.74, 6) is -0.191. The fraction of sp³-hybridized carbons (Fsp3) is 0.250. The van der Waals surface area contributed by atoms with E-state index in [0.717, 1.165) is 0 Å². The van der Waals surface area contributed by atoms with Crippen molar-refractivity contribution in [3.05, 3.63) is 33.4 Å². The maximum absolute atomic E-state index is 10.8. The van der Waals surface area contributed by atoms with E-state index in [1.54, 1.807) is 19.9 Å². The Hall–Kier alpha value is -1.01. The molecule has 0 aliphatic carbocycles. The van der Waals surface area contributed by atoms with Crippen molar-refractivity contribution in [2.75, 3.05) is 0 Å². The fourth-order valence-corrected chi connectivity index (χ4v) is 2.00. The van der Waals surface area contributed by atoms with Crippen LogP contribution in [0, 0.1) is 24.0 Å². The zero-order valence-electron chi connectivity index (χ0n) is 8.58. The van der Waals surface area contributed by atoms with Crippen LogP contribution >= 0.6 is 6.72 Å². The molecule has 0 fully saturated rings. The summed E-state index contributed by atoms with van der Waals surface area (Å²) < 4.78 is 4.68. The van der Waals surface area contributed by atoms with Crippen molar-refractivity contribution in [2.24, 2.45) is 0 Å². The molecule has 88 valence electrons. The normalized spacial score (nSPS) is 11.2. The molecule has 0 saturated heterocycles. The second-order valence-corrected chi connectivity index (χ2v) is 5.86. The minimum atomic E-state index is -3.97. The maximum atomic E-state index is 10.8. The Labute approximate surface area is 96.9 Å². The number of nitrogens with zero attached hydrogens (tertiary/aromatic N) is 1. The zero-order chi connectivity index (χ0) is 12.5. The number of hydrogen-bond acceptors (Lipinski definition) is 4. The van der Waals surface area contributed by atoms with Crippen molar-refractivity contribution in [1.82, 2.24) is 0 Å². The monoisotopic (exact) mass is 263 g/mol. The third-order valence-electron chi connectivity index (χ3n) is 1.81. The Morgan fingerprint density at radius 3 is 2.44 bits per heavy atom. The third kappa shape index (κ3) is 3.24. The van der Waals surface area contributed by atoms with Gasteiger partial charge in [-0.2, -0.15) is 0 Å². The molecule has 0 aliphatic heterocycles. The predicted octanol–water partition coefficient (Wildman–Crippen LogP) is 1.80. The van der Waals surface area contributed by atoms with E-state index in [9.17, 15) is 10.1 Å². The fourth-order valence-electron chi connectivity index (χ4n) is 1.31. The molecule has 0 aliphatic rings. The van der Waals surface area contributed by atoms with Gasteiger partial charge in [0.25, 0.3) is 0 Å². The molecule has 0 unspecified atom stereocenters. The van der Waals surface area contributed by atoms with E-state index < -0.39 is 11.6 Å². The summed E-state index contributed by atoms with van der Waals surface area (Å²) in [5.41, 5.74) is 0.791. The van der Waals surface area contributed by atoms with Crippen molar-refractivity contribution < 1.29 is 19.2 Å². The van der Waals surface area contributed by atoms with Crippen LogP contribution in [-0.2, 0) is 11.8 Å². The highest BCUT2D eigenvalue weighted by atomic mass is 32.5. The highest BCUT2D eigenvalue weighted by molar-refractivity contribution is 8.06. The molecule has 0 heterocycles. The molecule has 2 N–H and O–H groups in total. The van der Waals surface area contributed by atoms with Gasteiger partial charge in [-0.15, -0.1) is 0 Å². The topological polar surface area (TPSA) is 92.8 Å². The van der Waals surface area contributed by atoms with Crippen molar-refractivity contribution >= 4 is 24.2 Å². The molecule has 1 aromatic rings. The lowest BCUT2D eigenvalue weighted by Gasteiger charge is -2.12. The van der Waals surface area contributed by atoms with E-state index in [-0.39, 0.29) is 11.4 Å². The summed E-state index contributed by atoms with van der Waals surface area (Å²) in [4.78, 5) is 28.1. The number of nitro benzene ring substituents is 1. The minimum absolute atomic E-state index is 0.191. The van der Waals surface area contributed by atoms with E-state index >= 15 is 0 Å². The Balaban J connectivity index is 3.36. The average Bonchev–Trinajstić information content (AvgIpc) is 2.07. The molecule has 0 radical (unpaired) electrons. The van der Waals surface area contributed by atoms with Crippen LogP contribution in [0.25, 0.3) is 0 Å². The van der Waals surface area contributed by atoms with Crippen LogP contribution in [0.3, 0.4) is 0 Å². The SMILES string of the molecule is Cc1cc(C)c(OP(O)(O)=S)c([N+](=O)[O-])c1. The molecular weight excluding hydrogens is 253 g/mol. The van der Waals surface area contributed by atoms with Crippen LogP contribution in [0.15, 0.2) is 12.1 Å². The van der Waals surface area contributed by atoms with Crippen molar-refractivity contribution in [1.29, 1.82) is 0 Å². The Bertz CT molecular complexity index is 484. The van der Waals surface area contributed by atoms with Crippen molar-refractivity contribution in [3.63, 3.8) is 0 Å². The summed E-state index contributed by atoms with van der Waals surface area (Å²) in [5, 5.41) is 10.8. The molecule has 16 heavy (non-hydrogen) atoms. The van der Waals surface area contributed by atoms with Gasteiger partial charge in [0, 0.05) is 17.9 Å². The number of aryl methyl sites for hydroxylation is 2. The lowest BCUT2D eigenvalue weighted by molar-refractivity contribution is -0.385. The summed E-state index contributed by atoms with van der Waals surface area (Å²) in [7, 11) is 0. The van der Waals surface area contributed by atoms with Gasteiger partial charge in [-0.05, 0) is 25.0 Å². The molecule has 1 rings (SSSR count). The van der Waals surface area contributed by atoms with Crippen LogP contribution in [-0.4, -0.2) is 14.7 Å². The van der Waals surface area contributed by atoms with Gasteiger partial charge in [0.2, 0.25) is 5.75 Å². The van der Waals surface area contributed by atoms with E-state index in [1.807, 2.05) is 0 Å². The largest absolute Gasteiger partial charge is 0.417 e. The average molecular weight is 263 g/mol. The van der Waals surface area contributed by atoms with Crippen LogP contribution in [0.2, 0.25) is 0 Å². The highest BCUT2D eigenvalue weighted by Gasteiger charge is 2.23. The van der Waals surface area contributed by atoms with Crippen molar-refractivity contribution in [3.8, 4) is 5.75 Å². The highest BCUT2D eigenvalue weighted by Crippen LogP contribution is 2.44. The Morgan fingerprint density at radius 2 is 2.00 bits per heavy atom. The van der Waals surface area contributed by atoms with Gasteiger partial charge in [0.1, 0.15) is 0 Å². The molecule has 0 spiro atoms. The molecule has 0 atom stereocenters. The van der Waals surface area contributed by atoms with Crippen molar-refractivity contribution in [2.45, 2.75) is 13.8 Å². The number of benzene rings is 1. The molecule has 0 aromatic heterocycles. The molecule has 8 heteroatoms. The number of nitro groups is 1. The van der Waals surface area contributed by atoms with Gasteiger partial charge >= 0.3 is 12.4 Å².